The standard InChI is InChI=1S/C13H19NO/c1-10(12-5-6-12)8-14-9-11-3-2-4-13(15)7-11/h2-4,7,10,12,14-15H,5-6,8-9H2,1H3. The zero-order valence-electron chi connectivity index (χ0n) is 9.24. The van der Waals surface area contributed by atoms with Crippen LogP contribution in [0.1, 0.15) is 25.3 Å². The molecule has 0 aromatic heterocycles. The molecule has 2 nitrogen and oxygen atoms in total. The molecule has 2 N–H and O–H groups in total. The lowest BCUT2D eigenvalue weighted by Crippen LogP contribution is -2.21. The molecule has 1 unspecified atom stereocenters. The molecule has 1 aromatic rings. The summed E-state index contributed by atoms with van der Waals surface area (Å²) in [5.74, 6) is 2.11. The largest absolute Gasteiger partial charge is 0.508 e. The second kappa shape index (κ2) is 4.67. The van der Waals surface area contributed by atoms with E-state index in [0.717, 1.165) is 30.5 Å². The number of hydrogen-bond donors (Lipinski definition) is 2. The Bertz CT molecular complexity index is 320. The molecule has 1 aliphatic carbocycles. The first-order chi connectivity index (χ1) is 7.25. The van der Waals surface area contributed by atoms with Crippen molar-refractivity contribution in [2.24, 2.45) is 11.8 Å². The van der Waals surface area contributed by atoms with Crippen molar-refractivity contribution in [2.45, 2.75) is 26.3 Å². The van der Waals surface area contributed by atoms with Gasteiger partial charge in [-0.1, -0.05) is 19.1 Å². The predicted octanol–water partition coefficient (Wildman–Crippen LogP) is 2.53. The Morgan fingerprint density at radius 1 is 1.47 bits per heavy atom. The molecule has 2 rings (SSSR count). The maximum atomic E-state index is 9.29. The summed E-state index contributed by atoms with van der Waals surface area (Å²) >= 11 is 0. The number of phenolic OH excluding ortho intramolecular Hbond substituents is 1. The van der Waals surface area contributed by atoms with Crippen LogP contribution in [-0.2, 0) is 6.54 Å². The van der Waals surface area contributed by atoms with Gasteiger partial charge in [0, 0.05) is 6.54 Å². The van der Waals surface area contributed by atoms with Crippen LogP contribution in [0, 0.1) is 11.8 Å². The van der Waals surface area contributed by atoms with Crippen molar-refractivity contribution in [2.75, 3.05) is 6.54 Å². The van der Waals surface area contributed by atoms with E-state index >= 15 is 0 Å². The van der Waals surface area contributed by atoms with E-state index in [1.807, 2.05) is 18.2 Å². The molecule has 1 aromatic carbocycles. The van der Waals surface area contributed by atoms with Gasteiger partial charge in [0.1, 0.15) is 5.75 Å². The highest BCUT2D eigenvalue weighted by atomic mass is 16.3. The molecule has 15 heavy (non-hydrogen) atoms. The van der Waals surface area contributed by atoms with Gasteiger partial charge in [0.15, 0.2) is 0 Å². The highest BCUT2D eigenvalue weighted by molar-refractivity contribution is 5.26. The summed E-state index contributed by atoms with van der Waals surface area (Å²) in [5.41, 5.74) is 1.15. The number of rotatable bonds is 5. The van der Waals surface area contributed by atoms with Gasteiger partial charge in [-0.25, -0.2) is 0 Å². The van der Waals surface area contributed by atoms with E-state index in [-0.39, 0.29) is 0 Å². The molecule has 1 atom stereocenters. The minimum Gasteiger partial charge on any atom is -0.508 e. The molecule has 0 saturated heterocycles. The summed E-state index contributed by atoms with van der Waals surface area (Å²) in [4.78, 5) is 0. The summed E-state index contributed by atoms with van der Waals surface area (Å²) < 4.78 is 0. The molecule has 82 valence electrons. The Hall–Kier alpha value is -1.02. The molecule has 1 aliphatic rings. The van der Waals surface area contributed by atoms with E-state index in [2.05, 4.69) is 12.2 Å². The normalized spacial score (nSPS) is 17.7. The highest BCUT2D eigenvalue weighted by Gasteiger charge is 2.27. The van der Waals surface area contributed by atoms with Gasteiger partial charge in [-0.2, -0.15) is 0 Å². The average molecular weight is 205 g/mol. The second-order valence-electron chi connectivity index (χ2n) is 4.62. The Kier molecular flexibility index (Phi) is 3.27. The number of hydrogen-bond acceptors (Lipinski definition) is 2. The number of nitrogens with one attached hydrogen (secondary N) is 1. The van der Waals surface area contributed by atoms with Gasteiger partial charge in [-0.15, -0.1) is 0 Å². The van der Waals surface area contributed by atoms with E-state index in [9.17, 15) is 5.11 Å². The molecule has 1 saturated carbocycles. The van der Waals surface area contributed by atoms with E-state index in [4.69, 9.17) is 0 Å². The Morgan fingerprint density at radius 3 is 2.93 bits per heavy atom. The van der Waals surface area contributed by atoms with Gasteiger partial charge in [0.25, 0.3) is 0 Å². The van der Waals surface area contributed by atoms with Crippen LogP contribution < -0.4 is 5.32 Å². The summed E-state index contributed by atoms with van der Waals surface area (Å²) in [6, 6.07) is 7.44. The molecule has 0 radical (unpaired) electrons. The van der Waals surface area contributed by atoms with Crippen molar-refractivity contribution in [1.82, 2.24) is 5.32 Å². The van der Waals surface area contributed by atoms with Crippen molar-refractivity contribution in [3.8, 4) is 5.75 Å². The summed E-state index contributed by atoms with van der Waals surface area (Å²) in [5, 5.41) is 12.7. The predicted molar refractivity (Wildman–Crippen MR) is 61.7 cm³/mol. The first kappa shape index (κ1) is 10.5. The van der Waals surface area contributed by atoms with Crippen LogP contribution in [0.25, 0.3) is 0 Å². The number of benzene rings is 1. The van der Waals surface area contributed by atoms with Crippen molar-refractivity contribution >= 4 is 0 Å². The maximum Gasteiger partial charge on any atom is 0.115 e. The van der Waals surface area contributed by atoms with Crippen LogP contribution in [0.2, 0.25) is 0 Å². The molecule has 0 bridgehead atoms. The lowest BCUT2D eigenvalue weighted by atomic mass is 10.1. The number of phenols is 1. The van der Waals surface area contributed by atoms with Gasteiger partial charge < -0.3 is 10.4 Å². The second-order valence-corrected chi connectivity index (χ2v) is 4.62. The van der Waals surface area contributed by atoms with Crippen molar-refractivity contribution in [1.29, 1.82) is 0 Å². The van der Waals surface area contributed by atoms with Crippen LogP contribution in [-0.4, -0.2) is 11.7 Å². The average Bonchev–Trinajstić information content (AvgIpc) is 3.00. The third-order valence-corrected chi connectivity index (χ3v) is 3.13. The molecule has 2 heteroatoms. The Labute approximate surface area is 91.3 Å². The van der Waals surface area contributed by atoms with E-state index < -0.39 is 0 Å². The third-order valence-electron chi connectivity index (χ3n) is 3.13. The fraction of sp³-hybridized carbons (Fsp3) is 0.538. The molecule has 0 heterocycles. The van der Waals surface area contributed by atoms with Gasteiger partial charge in [0.05, 0.1) is 0 Å². The first-order valence-corrected chi connectivity index (χ1v) is 5.74. The van der Waals surface area contributed by atoms with Crippen molar-refractivity contribution in [3.05, 3.63) is 29.8 Å². The lowest BCUT2D eigenvalue weighted by Gasteiger charge is -2.11. The highest BCUT2D eigenvalue weighted by Crippen LogP contribution is 2.36. The molecule has 0 aliphatic heterocycles. The fourth-order valence-corrected chi connectivity index (χ4v) is 1.94. The van der Waals surface area contributed by atoms with Crippen LogP contribution >= 0.6 is 0 Å². The summed E-state index contributed by atoms with van der Waals surface area (Å²) in [6.45, 7) is 4.25. The SMILES string of the molecule is CC(CNCc1cccc(O)c1)C1CC1. The lowest BCUT2D eigenvalue weighted by molar-refractivity contribution is 0.458. The zero-order chi connectivity index (χ0) is 10.7. The van der Waals surface area contributed by atoms with E-state index in [1.165, 1.54) is 12.8 Å². The third kappa shape index (κ3) is 3.24. The van der Waals surface area contributed by atoms with Crippen molar-refractivity contribution < 1.29 is 5.11 Å². The topological polar surface area (TPSA) is 32.3 Å². The van der Waals surface area contributed by atoms with E-state index in [0.29, 0.717) is 5.75 Å². The minimum atomic E-state index is 0.351. The molecular weight excluding hydrogens is 186 g/mol. The quantitative estimate of drug-likeness (QED) is 0.774. The van der Waals surface area contributed by atoms with Crippen LogP contribution in [0.15, 0.2) is 24.3 Å². The monoisotopic (exact) mass is 205 g/mol. The molecular formula is C13H19NO. The summed E-state index contributed by atoms with van der Waals surface area (Å²) in [7, 11) is 0. The Balaban J connectivity index is 1.73. The fourth-order valence-electron chi connectivity index (χ4n) is 1.94. The maximum absolute atomic E-state index is 9.29. The van der Waals surface area contributed by atoms with E-state index in [1.54, 1.807) is 6.07 Å². The van der Waals surface area contributed by atoms with Gasteiger partial charge >= 0.3 is 0 Å². The molecule has 1 fully saturated rings. The van der Waals surface area contributed by atoms with Crippen molar-refractivity contribution in [3.63, 3.8) is 0 Å². The van der Waals surface area contributed by atoms with Gasteiger partial charge in [0.2, 0.25) is 0 Å². The van der Waals surface area contributed by atoms with Gasteiger partial charge in [-0.05, 0) is 48.9 Å². The van der Waals surface area contributed by atoms with Gasteiger partial charge in [-0.3, -0.25) is 0 Å². The smallest absolute Gasteiger partial charge is 0.115 e. The first-order valence-electron chi connectivity index (χ1n) is 5.74. The zero-order valence-corrected chi connectivity index (χ0v) is 9.24. The minimum absolute atomic E-state index is 0.351. The molecule has 0 spiro atoms. The van der Waals surface area contributed by atoms with Crippen LogP contribution in [0.3, 0.4) is 0 Å². The molecule has 0 amide bonds. The van der Waals surface area contributed by atoms with Crippen LogP contribution in [0.4, 0.5) is 0 Å². The Morgan fingerprint density at radius 2 is 2.27 bits per heavy atom. The van der Waals surface area contributed by atoms with Crippen LogP contribution in [0.5, 0.6) is 5.75 Å². The summed E-state index contributed by atoms with van der Waals surface area (Å²) in [6.07, 6.45) is 2.82. The number of aromatic hydroxyl groups is 1.